The van der Waals surface area contributed by atoms with Crippen LogP contribution in [0, 0.1) is 5.41 Å². The van der Waals surface area contributed by atoms with Gasteiger partial charge in [0.2, 0.25) is 0 Å². The first kappa shape index (κ1) is 10.0. The molecule has 0 aliphatic carbocycles. The minimum Gasteiger partial charge on any atom is -0.287 e. The van der Waals surface area contributed by atoms with E-state index in [1.54, 1.807) is 0 Å². The molecule has 0 unspecified atom stereocenters. The van der Waals surface area contributed by atoms with Gasteiger partial charge >= 0.3 is 0 Å². The van der Waals surface area contributed by atoms with Gasteiger partial charge in [-0.2, -0.15) is 0 Å². The van der Waals surface area contributed by atoms with Gasteiger partial charge in [0.05, 0.1) is 0 Å². The van der Waals surface area contributed by atoms with Crippen molar-refractivity contribution in [2.24, 2.45) is 5.41 Å². The molecule has 1 nitrogen and oxygen atoms in total. The summed E-state index contributed by atoms with van der Waals surface area (Å²) in [6.07, 6.45) is 0. The lowest BCUT2D eigenvalue weighted by Crippen LogP contribution is -2.18. The average Bonchev–Trinajstić information content (AvgIpc) is 1.60. The Bertz CT molecular complexity index is 122. The third-order valence-electron chi connectivity index (χ3n) is 0.955. The van der Waals surface area contributed by atoms with Gasteiger partial charge in [0.1, 0.15) is 0 Å². The van der Waals surface area contributed by atoms with E-state index in [9.17, 15) is 4.79 Å². The van der Waals surface area contributed by atoms with E-state index < -0.39 is 0 Å². The van der Waals surface area contributed by atoms with Gasteiger partial charge in [-0.05, 0) is 0 Å². The molecule has 0 amide bonds. The van der Waals surface area contributed by atoms with Gasteiger partial charge in [0.15, 0.2) is 5.12 Å². The second-order valence-corrected chi connectivity index (χ2v) is 5.25. The number of hydrogen-bond donors (Lipinski definition) is 0. The number of thioether (sulfide) groups is 1. The molecule has 0 saturated heterocycles. The summed E-state index contributed by atoms with van der Waals surface area (Å²) < 4.78 is 0. The number of rotatable bonds is 1. The number of carbonyl (C=O) groups excluding carboxylic acids is 1. The minimum absolute atomic E-state index is 0.186. The molecular weight excluding hydrogens is 144 g/mol. The van der Waals surface area contributed by atoms with E-state index >= 15 is 0 Å². The van der Waals surface area contributed by atoms with Gasteiger partial charge in [-0.1, -0.05) is 46.4 Å². The van der Waals surface area contributed by atoms with Crippen LogP contribution in [-0.2, 0) is 4.79 Å². The molecule has 60 valence electrons. The highest BCUT2D eigenvalue weighted by molar-refractivity contribution is 8.14. The first-order valence-corrected chi connectivity index (χ1v) is 4.43. The molecule has 0 aromatic rings. The van der Waals surface area contributed by atoms with Crippen molar-refractivity contribution in [3.8, 4) is 0 Å². The molecule has 10 heavy (non-hydrogen) atoms. The fourth-order valence-electron chi connectivity index (χ4n) is 0.391. The number of carbonyl (C=O) groups is 1. The molecule has 0 heterocycles. The minimum atomic E-state index is -0.186. The smallest absolute Gasteiger partial charge is 0.194 e. The Labute approximate surface area is 67.6 Å². The summed E-state index contributed by atoms with van der Waals surface area (Å²) in [7, 11) is 0. The lowest BCUT2D eigenvalue weighted by atomic mass is 10.00. The highest BCUT2D eigenvalue weighted by atomic mass is 32.2. The summed E-state index contributed by atoms with van der Waals surface area (Å²) in [6.45, 7) is 9.92. The monoisotopic (exact) mass is 160 g/mol. The van der Waals surface area contributed by atoms with Crippen molar-refractivity contribution in [2.45, 2.75) is 39.9 Å². The molecule has 0 N–H and O–H groups in total. The quantitative estimate of drug-likeness (QED) is 0.586. The zero-order valence-corrected chi connectivity index (χ0v) is 8.21. The molecule has 0 radical (unpaired) electrons. The maximum absolute atomic E-state index is 11.2. The molecule has 2 heteroatoms. The summed E-state index contributed by atoms with van der Waals surface area (Å²) in [5.74, 6) is 0. The maximum atomic E-state index is 11.2. The van der Waals surface area contributed by atoms with Crippen molar-refractivity contribution in [3.63, 3.8) is 0 Å². The lowest BCUT2D eigenvalue weighted by molar-refractivity contribution is -0.117. The van der Waals surface area contributed by atoms with Crippen LogP contribution < -0.4 is 0 Å². The van der Waals surface area contributed by atoms with Crippen molar-refractivity contribution >= 4 is 16.9 Å². The molecule has 0 saturated carbocycles. The first-order chi connectivity index (χ1) is 4.34. The zero-order valence-electron chi connectivity index (χ0n) is 7.39. The van der Waals surface area contributed by atoms with Gasteiger partial charge in [-0.15, -0.1) is 0 Å². The third-order valence-corrected chi connectivity index (χ3v) is 2.25. The Morgan fingerprint density at radius 1 is 1.30 bits per heavy atom. The maximum Gasteiger partial charge on any atom is 0.194 e. The van der Waals surface area contributed by atoms with Crippen molar-refractivity contribution in [1.82, 2.24) is 0 Å². The van der Waals surface area contributed by atoms with E-state index in [1.807, 2.05) is 34.6 Å². The van der Waals surface area contributed by atoms with E-state index in [0.717, 1.165) is 0 Å². The third kappa shape index (κ3) is 3.94. The predicted molar refractivity (Wildman–Crippen MR) is 47.2 cm³/mol. The normalized spacial score (nSPS) is 12.2. The highest BCUT2D eigenvalue weighted by Gasteiger charge is 2.22. The van der Waals surface area contributed by atoms with Crippen LogP contribution in [0.4, 0.5) is 0 Å². The summed E-state index contributed by atoms with van der Waals surface area (Å²) in [6, 6.07) is 0. The van der Waals surface area contributed by atoms with E-state index in [2.05, 4.69) is 0 Å². The average molecular weight is 160 g/mol. The van der Waals surface area contributed by atoms with Crippen LogP contribution in [0.5, 0.6) is 0 Å². The Morgan fingerprint density at radius 3 is 1.80 bits per heavy atom. The van der Waals surface area contributed by atoms with E-state index in [0.29, 0.717) is 5.25 Å². The van der Waals surface area contributed by atoms with Crippen molar-refractivity contribution < 1.29 is 4.79 Å². The van der Waals surface area contributed by atoms with E-state index in [1.165, 1.54) is 11.8 Å². The SMILES string of the molecule is CC(C)SC(=O)C(C)(C)C. The Hall–Kier alpha value is 0.0200. The van der Waals surface area contributed by atoms with Gasteiger partial charge in [0, 0.05) is 10.7 Å². The summed E-state index contributed by atoms with van der Waals surface area (Å²) in [5, 5.41) is 0.689. The van der Waals surface area contributed by atoms with Crippen LogP contribution in [0.15, 0.2) is 0 Å². The summed E-state index contributed by atoms with van der Waals surface area (Å²) in [5.41, 5.74) is -0.186. The van der Waals surface area contributed by atoms with E-state index in [4.69, 9.17) is 0 Å². The van der Waals surface area contributed by atoms with Crippen LogP contribution in [0.2, 0.25) is 0 Å². The second kappa shape index (κ2) is 3.42. The van der Waals surface area contributed by atoms with Crippen LogP contribution in [-0.4, -0.2) is 10.4 Å². The standard InChI is InChI=1S/C8H16OS/c1-6(2)10-7(9)8(3,4)5/h6H,1-5H3. The predicted octanol–water partition coefficient (Wildman–Crippen LogP) is 2.70. The molecular formula is C8H16OS. The van der Waals surface area contributed by atoms with Crippen LogP contribution >= 0.6 is 11.8 Å². The van der Waals surface area contributed by atoms with Crippen LogP contribution in [0.25, 0.3) is 0 Å². The van der Waals surface area contributed by atoms with Crippen LogP contribution in [0.3, 0.4) is 0 Å². The molecule has 0 atom stereocenters. The zero-order chi connectivity index (χ0) is 8.36. The van der Waals surface area contributed by atoms with Crippen molar-refractivity contribution in [1.29, 1.82) is 0 Å². The molecule has 0 aromatic heterocycles. The topological polar surface area (TPSA) is 17.1 Å². The lowest BCUT2D eigenvalue weighted by Gasteiger charge is -2.16. The molecule has 0 aliphatic rings. The molecule has 0 fully saturated rings. The molecule has 0 aromatic carbocycles. The number of hydrogen-bond acceptors (Lipinski definition) is 2. The fraction of sp³-hybridized carbons (Fsp3) is 0.875. The summed E-state index contributed by atoms with van der Waals surface area (Å²) in [4.78, 5) is 11.2. The Kier molecular flexibility index (Phi) is 3.43. The first-order valence-electron chi connectivity index (χ1n) is 3.55. The van der Waals surface area contributed by atoms with Gasteiger partial charge < -0.3 is 0 Å². The van der Waals surface area contributed by atoms with Gasteiger partial charge in [-0.25, -0.2) is 0 Å². The molecule has 0 rings (SSSR count). The Morgan fingerprint density at radius 2 is 1.70 bits per heavy atom. The van der Waals surface area contributed by atoms with Gasteiger partial charge in [-0.3, -0.25) is 4.79 Å². The van der Waals surface area contributed by atoms with Crippen molar-refractivity contribution in [3.05, 3.63) is 0 Å². The largest absolute Gasteiger partial charge is 0.287 e. The van der Waals surface area contributed by atoms with Crippen molar-refractivity contribution in [2.75, 3.05) is 0 Å². The van der Waals surface area contributed by atoms with E-state index in [-0.39, 0.29) is 10.5 Å². The van der Waals surface area contributed by atoms with Gasteiger partial charge in [0.25, 0.3) is 0 Å². The Balaban J connectivity index is 3.87. The summed E-state index contributed by atoms with van der Waals surface area (Å²) >= 11 is 1.42. The molecule has 0 aliphatic heterocycles. The van der Waals surface area contributed by atoms with Crippen LogP contribution in [0.1, 0.15) is 34.6 Å². The highest BCUT2D eigenvalue weighted by Crippen LogP contribution is 2.25. The fourth-order valence-corrected chi connectivity index (χ4v) is 1.17. The molecule has 0 bridgehead atoms. The molecule has 0 spiro atoms. The second-order valence-electron chi connectivity index (χ2n) is 3.70.